The molecule has 0 N–H and O–H groups in total. The maximum absolute atomic E-state index is 12.3. The highest BCUT2D eigenvalue weighted by Gasteiger charge is 2.24. The summed E-state index contributed by atoms with van der Waals surface area (Å²) in [5.41, 5.74) is 0. The SMILES string of the molecule is O=C(CCSc1ccccc1)N1CCC(Oc2ncccn2)CC1. The van der Waals surface area contributed by atoms with Crippen LogP contribution in [0.4, 0.5) is 0 Å². The predicted octanol–water partition coefficient (Wildman–Crippen LogP) is 3.03. The highest BCUT2D eigenvalue weighted by atomic mass is 32.2. The average molecular weight is 343 g/mol. The van der Waals surface area contributed by atoms with Gasteiger partial charge in [-0.25, -0.2) is 9.97 Å². The van der Waals surface area contributed by atoms with Crippen LogP contribution in [0.3, 0.4) is 0 Å². The zero-order valence-corrected chi connectivity index (χ0v) is 14.3. The fourth-order valence-corrected chi connectivity index (χ4v) is 3.51. The summed E-state index contributed by atoms with van der Waals surface area (Å²) in [5, 5.41) is 0. The molecule has 0 aliphatic carbocycles. The molecule has 0 radical (unpaired) electrons. The number of carbonyl (C=O) groups excluding carboxylic acids is 1. The van der Waals surface area contributed by atoms with Crippen molar-refractivity contribution in [2.45, 2.75) is 30.3 Å². The lowest BCUT2D eigenvalue weighted by Gasteiger charge is -2.31. The number of ether oxygens (including phenoxy) is 1. The van der Waals surface area contributed by atoms with Crippen molar-refractivity contribution in [2.75, 3.05) is 18.8 Å². The third kappa shape index (κ3) is 4.96. The van der Waals surface area contributed by atoms with Crippen molar-refractivity contribution in [3.05, 3.63) is 48.8 Å². The quantitative estimate of drug-likeness (QED) is 0.755. The zero-order valence-electron chi connectivity index (χ0n) is 13.5. The Balaban J connectivity index is 1.37. The number of likely N-dealkylation sites (tertiary alicyclic amines) is 1. The summed E-state index contributed by atoms with van der Waals surface area (Å²) >= 11 is 1.73. The topological polar surface area (TPSA) is 55.3 Å². The van der Waals surface area contributed by atoms with E-state index in [4.69, 9.17) is 4.74 Å². The minimum absolute atomic E-state index is 0.0927. The van der Waals surface area contributed by atoms with E-state index in [1.54, 1.807) is 30.2 Å². The standard InChI is InChI=1S/C18H21N3O2S/c22-17(9-14-24-16-5-2-1-3-6-16)21-12-7-15(8-13-21)23-18-19-10-4-11-20-18/h1-6,10-11,15H,7-9,12-14H2. The van der Waals surface area contributed by atoms with E-state index < -0.39 is 0 Å². The monoisotopic (exact) mass is 343 g/mol. The zero-order chi connectivity index (χ0) is 16.6. The van der Waals surface area contributed by atoms with Gasteiger partial charge in [-0.15, -0.1) is 11.8 Å². The van der Waals surface area contributed by atoms with E-state index in [1.165, 1.54) is 4.90 Å². The molecule has 1 aliphatic heterocycles. The van der Waals surface area contributed by atoms with Gasteiger partial charge < -0.3 is 9.64 Å². The Labute approximate surface area is 146 Å². The van der Waals surface area contributed by atoms with Gasteiger partial charge in [0.25, 0.3) is 0 Å². The predicted molar refractivity (Wildman–Crippen MR) is 94.0 cm³/mol. The number of piperidine rings is 1. The van der Waals surface area contributed by atoms with E-state index in [1.807, 2.05) is 23.1 Å². The Kier molecular flexibility index (Phi) is 6.07. The van der Waals surface area contributed by atoms with E-state index in [0.29, 0.717) is 12.4 Å². The van der Waals surface area contributed by atoms with Crippen molar-refractivity contribution in [2.24, 2.45) is 0 Å². The van der Waals surface area contributed by atoms with Crippen molar-refractivity contribution in [3.63, 3.8) is 0 Å². The fraction of sp³-hybridized carbons (Fsp3) is 0.389. The molecule has 0 bridgehead atoms. The largest absolute Gasteiger partial charge is 0.460 e. The molecule has 3 rings (SSSR count). The smallest absolute Gasteiger partial charge is 0.316 e. The molecule has 1 aromatic carbocycles. The van der Waals surface area contributed by atoms with Gasteiger partial charge in [0, 0.05) is 55.4 Å². The van der Waals surface area contributed by atoms with Gasteiger partial charge in [0.1, 0.15) is 6.10 Å². The molecular weight excluding hydrogens is 322 g/mol. The molecule has 0 atom stereocenters. The summed E-state index contributed by atoms with van der Waals surface area (Å²) in [5.74, 6) is 1.05. The Morgan fingerprint density at radius 1 is 1.12 bits per heavy atom. The van der Waals surface area contributed by atoms with Gasteiger partial charge >= 0.3 is 6.01 Å². The van der Waals surface area contributed by atoms with Gasteiger partial charge in [-0.3, -0.25) is 4.79 Å². The molecule has 1 aromatic heterocycles. The highest BCUT2D eigenvalue weighted by molar-refractivity contribution is 7.99. The Bertz CT molecular complexity index is 631. The number of thioether (sulfide) groups is 1. The van der Waals surface area contributed by atoms with Crippen LogP contribution in [0.5, 0.6) is 6.01 Å². The van der Waals surface area contributed by atoms with Crippen LogP contribution in [0.2, 0.25) is 0 Å². The number of benzene rings is 1. The van der Waals surface area contributed by atoms with Crippen molar-refractivity contribution in [1.29, 1.82) is 0 Å². The molecule has 2 heterocycles. The molecule has 0 saturated carbocycles. The van der Waals surface area contributed by atoms with Crippen molar-refractivity contribution in [1.82, 2.24) is 14.9 Å². The van der Waals surface area contributed by atoms with E-state index >= 15 is 0 Å². The number of hydrogen-bond donors (Lipinski definition) is 0. The molecule has 1 amide bonds. The van der Waals surface area contributed by atoms with Crippen LogP contribution in [0, 0.1) is 0 Å². The van der Waals surface area contributed by atoms with Gasteiger partial charge in [-0.05, 0) is 18.2 Å². The Hall–Kier alpha value is -2.08. The number of aromatic nitrogens is 2. The van der Waals surface area contributed by atoms with Crippen molar-refractivity contribution < 1.29 is 9.53 Å². The van der Waals surface area contributed by atoms with E-state index in [9.17, 15) is 4.79 Å². The number of rotatable bonds is 6. The van der Waals surface area contributed by atoms with Crippen LogP contribution in [0.15, 0.2) is 53.7 Å². The molecule has 1 saturated heterocycles. The first-order chi connectivity index (χ1) is 11.8. The molecule has 6 heteroatoms. The first-order valence-corrected chi connectivity index (χ1v) is 9.19. The van der Waals surface area contributed by atoms with Crippen LogP contribution < -0.4 is 4.74 Å². The highest BCUT2D eigenvalue weighted by Crippen LogP contribution is 2.20. The number of hydrogen-bond acceptors (Lipinski definition) is 5. The first-order valence-electron chi connectivity index (χ1n) is 8.20. The number of carbonyl (C=O) groups is 1. The second-order valence-corrected chi connectivity index (χ2v) is 6.81. The molecule has 0 unspecified atom stereocenters. The van der Waals surface area contributed by atoms with Crippen LogP contribution in [0.25, 0.3) is 0 Å². The summed E-state index contributed by atoms with van der Waals surface area (Å²) in [6.07, 6.45) is 5.67. The maximum atomic E-state index is 12.3. The molecule has 1 fully saturated rings. The summed E-state index contributed by atoms with van der Waals surface area (Å²) in [6.45, 7) is 1.48. The molecular formula is C18H21N3O2S. The van der Waals surface area contributed by atoms with Crippen molar-refractivity contribution in [3.8, 4) is 6.01 Å². The number of nitrogens with zero attached hydrogens (tertiary/aromatic N) is 3. The van der Waals surface area contributed by atoms with Crippen molar-refractivity contribution >= 4 is 17.7 Å². The average Bonchev–Trinajstić information content (AvgIpc) is 2.64. The normalized spacial score (nSPS) is 15.2. The van der Waals surface area contributed by atoms with E-state index in [-0.39, 0.29) is 12.0 Å². The molecule has 126 valence electrons. The van der Waals surface area contributed by atoms with Gasteiger partial charge in [-0.1, -0.05) is 18.2 Å². The van der Waals surface area contributed by atoms with Crippen LogP contribution in [-0.4, -0.2) is 45.7 Å². The first kappa shape index (κ1) is 16.8. The summed E-state index contributed by atoms with van der Waals surface area (Å²) in [6, 6.07) is 12.4. The maximum Gasteiger partial charge on any atom is 0.316 e. The van der Waals surface area contributed by atoms with Crippen LogP contribution in [0.1, 0.15) is 19.3 Å². The summed E-state index contributed by atoms with van der Waals surface area (Å²) < 4.78 is 5.76. The molecule has 5 nitrogen and oxygen atoms in total. The second kappa shape index (κ2) is 8.68. The lowest BCUT2D eigenvalue weighted by Crippen LogP contribution is -2.42. The van der Waals surface area contributed by atoms with Gasteiger partial charge in [0.15, 0.2) is 0 Å². The fourth-order valence-electron chi connectivity index (χ4n) is 2.65. The van der Waals surface area contributed by atoms with Crippen LogP contribution in [-0.2, 0) is 4.79 Å². The third-order valence-corrected chi connectivity index (χ3v) is 4.95. The second-order valence-electron chi connectivity index (χ2n) is 5.64. The summed E-state index contributed by atoms with van der Waals surface area (Å²) in [7, 11) is 0. The minimum atomic E-state index is 0.0927. The molecule has 2 aromatic rings. The van der Waals surface area contributed by atoms with E-state index in [2.05, 4.69) is 22.1 Å². The van der Waals surface area contributed by atoms with Gasteiger partial charge in [0.2, 0.25) is 5.91 Å². The third-order valence-electron chi connectivity index (χ3n) is 3.94. The summed E-state index contributed by atoms with van der Waals surface area (Å²) in [4.78, 5) is 23.6. The van der Waals surface area contributed by atoms with Gasteiger partial charge in [0.05, 0.1) is 0 Å². The van der Waals surface area contributed by atoms with Gasteiger partial charge in [-0.2, -0.15) is 0 Å². The van der Waals surface area contributed by atoms with E-state index in [0.717, 1.165) is 31.7 Å². The lowest BCUT2D eigenvalue weighted by atomic mass is 10.1. The molecule has 0 spiro atoms. The Morgan fingerprint density at radius 2 is 1.83 bits per heavy atom. The molecule has 1 aliphatic rings. The number of amides is 1. The molecule has 24 heavy (non-hydrogen) atoms. The minimum Gasteiger partial charge on any atom is -0.460 e. The van der Waals surface area contributed by atoms with Crippen LogP contribution >= 0.6 is 11.8 Å². The lowest BCUT2D eigenvalue weighted by molar-refractivity contribution is -0.132. The Morgan fingerprint density at radius 3 is 2.54 bits per heavy atom.